The van der Waals surface area contributed by atoms with Gasteiger partial charge in [-0.2, -0.15) is 10.2 Å². The third-order valence-corrected chi connectivity index (χ3v) is 5.96. The van der Waals surface area contributed by atoms with Gasteiger partial charge in [-0.05, 0) is 42.7 Å². The van der Waals surface area contributed by atoms with Crippen molar-refractivity contribution >= 4 is 23.7 Å². The van der Waals surface area contributed by atoms with Gasteiger partial charge in [-0.1, -0.05) is 12.1 Å². The first-order valence-electron chi connectivity index (χ1n) is 11.1. The minimum absolute atomic E-state index is 0.0210. The summed E-state index contributed by atoms with van der Waals surface area (Å²) >= 11 is 0. The number of nitrogens with one attached hydrogen (secondary N) is 1. The van der Waals surface area contributed by atoms with Gasteiger partial charge in [0, 0.05) is 56.3 Å². The summed E-state index contributed by atoms with van der Waals surface area (Å²) < 4.78 is 14.6. The van der Waals surface area contributed by atoms with Gasteiger partial charge in [-0.15, -0.1) is 0 Å². The molecule has 1 fully saturated rings. The molecular formula is C25H27FN8. The molecule has 8 nitrogen and oxygen atoms in total. The van der Waals surface area contributed by atoms with Crippen LogP contribution in [0.25, 0.3) is 22.4 Å². The van der Waals surface area contributed by atoms with Crippen LogP contribution in [0.5, 0.6) is 0 Å². The second-order valence-corrected chi connectivity index (χ2v) is 8.21. The SMILES string of the molecule is CN=Cc1cc(-c2c(NC)nc(N3CCC(N)CC3)nc2-c2ccc(C#N)c(F)c2)ccc1N. The van der Waals surface area contributed by atoms with E-state index in [0.29, 0.717) is 34.3 Å². The van der Waals surface area contributed by atoms with Crippen LogP contribution in [0.1, 0.15) is 24.0 Å². The Morgan fingerprint density at radius 1 is 1.18 bits per heavy atom. The average Bonchev–Trinajstić information content (AvgIpc) is 2.85. The number of halogens is 1. The number of anilines is 3. The fourth-order valence-electron chi connectivity index (χ4n) is 4.09. The number of piperidine rings is 1. The van der Waals surface area contributed by atoms with Gasteiger partial charge in [0.25, 0.3) is 0 Å². The monoisotopic (exact) mass is 458 g/mol. The zero-order chi connectivity index (χ0) is 24.2. The summed E-state index contributed by atoms with van der Waals surface area (Å²) in [7, 11) is 3.47. The first-order valence-corrected chi connectivity index (χ1v) is 11.1. The van der Waals surface area contributed by atoms with Crippen molar-refractivity contribution in [3.05, 3.63) is 53.3 Å². The van der Waals surface area contributed by atoms with Crippen molar-refractivity contribution in [2.75, 3.05) is 43.1 Å². The van der Waals surface area contributed by atoms with Crippen molar-refractivity contribution in [2.24, 2.45) is 10.7 Å². The second kappa shape index (κ2) is 9.85. The van der Waals surface area contributed by atoms with Crippen LogP contribution in [0.2, 0.25) is 0 Å². The highest BCUT2D eigenvalue weighted by atomic mass is 19.1. The van der Waals surface area contributed by atoms with Crippen LogP contribution in [0.15, 0.2) is 41.4 Å². The van der Waals surface area contributed by atoms with Crippen LogP contribution in [-0.2, 0) is 0 Å². The van der Waals surface area contributed by atoms with Crippen LogP contribution in [0.4, 0.5) is 21.8 Å². The highest BCUT2D eigenvalue weighted by Gasteiger charge is 2.24. The number of aromatic nitrogens is 2. The maximum atomic E-state index is 14.6. The van der Waals surface area contributed by atoms with Crippen LogP contribution in [0.3, 0.4) is 0 Å². The van der Waals surface area contributed by atoms with E-state index in [0.717, 1.165) is 37.1 Å². The van der Waals surface area contributed by atoms with Crippen molar-refractivity contribution in [2.45, 2.75) is 18.9 Å². The number of nitrogens with two attached hydrogens (primary N) is 2. The van der Waals surface area contributed by atoms with Crippen molar-refractivity contribution in [1.82, 2.24) is 9.97 Å². The Kier molecular flexibility index (Phi) is 6.70. The number of hydrogen-bond acceptors (Lipinski definition) is 8. The molecule has 1 saturated heterocycles. The lowest BCUT2D eigenvalue weighted by Crippen LogP contribution is -2.40. The average molecular weight is 459 g/mol. The Balaban J connectivity index is 1.95. The number of aliphatic imine (C=N–C) groups is 1. The molecule has 2 aromatic carbocycles. The highest BCUT2D eigenvalue weighted by molar-refractivity contribution is 5.94. The van der Waals surface area contributed by atoms with E-state index in [1.807, 2.05) is 18.2 Å². The molecule has 174 valence electrons. The van der Waals surface area contributed by atoms with Gasteiger partial charge >= 0.3 is 0 Å². The minimum Gasteiger partial charge on any atom is -0.398 e. The quantitative estimate of drug-likeness (QED) is 0.395. The molecule has 5 N–H and O–H groups in total. The number of nitrogens with zero attached hydrogens (tertiary/aromatic N) is 5. The maximum absolute atomic E-state index is 14.6. The van der Waals surface area contributed by atoms with Crippen molar-refractivity contribution in [3.8, 4) is 28.5 Å². The van der Waals surface area contributed by atoms with Gasteiger partial charge < -0.3 is 21.7 Å². The molecule has 2 heterocycles. The first-order chi connectivity index (χ1) is 16.4. The molecule has 0 spiro atoms. The number of nitriles is 1. The molecule has 34 heavy (non-hydrogen) atoms. The number of hydrogen-bond donors (Lipinski definition) is 3. The fraction of sp³-hybridized carbons (Fsp3) is 0.280. The lowest BCUT2D eigenvalue weighted by atomic mass is 9.96. The molecule has 9 heteroatoms. The topological polar surface area (TPSA) is 129 Å². The number of nitrogen functional groups attached to an aromatic ring is 1. The molecule has 0 radical (unpaired) electrons. The smallest absolute Gasteiger partial charge is 0.227 e. The first kappa shape index (κ1) is 23.1. The van der Waals surface area contributed by atoms with Gasteiger partial charge in [-0.3, -0.25) is 4.99 Å². The van der Waals surface area contributed by atoms with Crippen LogP contribution >= 0.6 is 0 Å². The summed E-state index contributed by atoms with van der Waals surface area (Å²) in [6.07, 6.45) is 3.38. The molecule has 1 aromatic heterocycles. The predicted octanol–water partition coefficient (Wildman–Crippen LogP) is 3.42. The normalized spacial score (nSPS) is 14.4. The third kappa shape index (κ3) is 4.54. The van der Waals surface area contributed by atoms with Gasteiger partial charge in [0.2, 0.25) is 5.95 Å². The third-order valence-electron chi connectivity index (χ3n) is 5.96. The van der Waals surface area contributed by atoms with E-state index < -0.39 is 5.82 Å². The van der Waals surface area contributed by atoms with E-state index in [9.17, 15) is 9.65 Å². The van der Waals surface area contributed by atoms with Crippen LogP contribution < -0.4 is 21.7 Å². The van der Waals surface area contributed by atoms with Gasteiger partial charge in [0.05, 0.1) is 16.8 Å². The molecule has 0 unspecified atom stereocenters. The largest absolute Gasteiger partial charge is 0.398 e. The summed E-state index contributed by atoms with van der Waals surface area (Å²) in [4.78, 5) is 15.9. The van der Waals surface area contributed by atoms with Gasteiger partial charge in [0.15, 0.2) is 0 Å². The van der Waals surface area contributed by atoms with Crippen molar-refractivity contribution in [3.63, 3.8) is 0 Å². The summed E-state index contributed by atoms with van der Waals surface area (Å²) in [5.74, 6) is 0.548. The van der Waals surface area contributed by atoms with E-state index in [1.54, 1.807) is 32.4 Å². The van der Waals surface area contributed by atoms with Crippen molar-refractivity contribution in [1.29, 1.82) is 5.26 Å². The lowest BCUT2D eigenvalue weighted by Gasteiger charge is -2.31. The van der Waals surface area contributed by atoms with Crippen molar-refractivity contribution < 1.29 is 4.39 Å². The van der Waals surface area contributed by atoms with E-state index >= 15 is 0 Å². The summed E-state index contributed by atoms with van der Waals surface area (Å²) in [5.41, 5.74) is 16.1. The van der Waals surface area contributed by atoms with Gasteiger partial charge in [-0.25, -0.2) is 9.37 Å². The zero-order valence-electron chi connectivity index (χ0n) is 19.2. The minimum atomic E-state index is -0.600. The standard InChI is InChI=1S/C25H27FN8/c1-30-14-18-11-15(5-6-21(18)29)22-23(16-3-4-17(13-27)20(26)12-16)32-25(33-24(22)31-2)34-9-7-19(28)8-10-34/h3-6,11-12,14,19H,7-10,28-29H2,1-2H3,(H,31,32,33). The van der Waals surface area contributed by atoms with Crippen LogP contribution in [-0.4, -0.2) is 49.4 Å². The molecule has 4 rings (SSSR count). The van der Waals surface area contributed by atoms with Gasteiger partial charge in [0.1, 0.15) is 17.7 Å². The zero-order valence-corrected chi connectivity index (χ0v) is 19.2. The Morgan fingerprint density at radius 2 is 1.91 bits per heavy atom. The number of rotatable bonds is 5. The molecule has 3 aromatic rings. The summed E-state index contributed by atoms with van der Waals surface area (Å²) in [5, 5.41) is 12.4. The molecule has 0 bridgehead atoms. The van der Waals surface area contributed by atoms with E-state index in [-0.39, 0.29) is 11.6 Å². The Bertz CT molecular complexity index is 1270. The molecule has 0 saturated carbocycles. The lowest BCUT2D eigenvalue weighted by molar-refractivity contribution is 0.496. The van der Waals surface area contributed by atoms with Crippen LogP contribution in [0, 0.1) is 17.1 Å². The second-order valence-electron chi connectivity index (χ2n) is 8.21. The molecule has 1 aliphatic rings. The van der Waals surface area contributed by atoms with E-state index in [2.05, 4.69) is 15.2 Å². The molecule has 0 aliphatic carbocycles. The molecule has 0 atom stereocenters. The maximum Gasteiger partial charge on any atom is 0.227 e. The van der Waals surface area contributed by atoms with E-state index in [1.165, 1.54) is 12.1 Å². The number of benzene rings is 2. The highest BCUT2D eigenvalue weighted by Crippen LogP contribution is 2.38. The Labute approximate surface area is 198 Å². The predicted molar refractivity (Wildman–Crippen MR) is 134 cm³/mol. The summed E-state index contributed by atoms with van der Waals surface area (Å²) in [6.45, 7) is 1.48. The molecular weight excluding hydrogens is 431 g/mol. The fourth-order valence-corrected chi connectivity index (χ4v) is 4.09. The molecule has 1 aliphatic heterocycles. The molecule has 0 amide bonds. The Morgan fingerprint density at radius 3 is 2.56 bits per heavy atom. The Hall–Kier alpha value is -4.03. The summed E-state index contributed by atoms with van der Waals surface area (Å²) in [6, 6.07) is 12.1. The van der Waals surface area contributed by atoms with E-state index in [4.69, 9.17) is 21.4 Å².